The standard InChI is InChI=1S/C18H13F2N5O/c19-13-4-1-5-14(20)12(13)9-23-18(26)10-7-15(22-8-10)16-11-3-2-6-21-17(11)25-24-16/h1-8,22H,9H2,(H,23,26)(H,21,24,25). The molecule has 3 aromatic heterocycles. The molecule has 4 rings (SSSR count). The molecule has 0 fully saturated rings. The first-order valence-corrected chi connectivity index (χ1v) is 7.82. The van der Waals surface area contributed by atoms with Crippen LogP contribution in [0.15, 0.2) is 48.8 Å². The molecule has 0 saturated carbocycles. The van der Waals surface area contributed by atoms with E-state index in [0.29, 0.717) is 22.6 Å². The second-order valence-electron chi connectivity index (χ2n) is 5.66. The number of halogens is 2. The van der Waals surface area contributed by atoms with E-state index in [2.05, 4.69) is 25.5 Å². The zero-order chi connectivity index (χ0) is 18.1. The first kappa shape index (κ1) is 15.9. The van der Waals surface area contributed by atoms with Crippen molar-refractivity contribution in [3.8, 4) is 11.4 Å². The molecule has 1 aromatic carbocycles. The SMILES string of the molecule is O=C(NCc1c(F)cccc1F)c1c[nH]c(-c2[nH]nc3ncccc23)c1. The lowest BCUT2D eigenvalue weighted by atomic mass is 10.2. The summed E-state index contributed by atoms with van der Waals surface area (Å²) in [6.45, 7) is -0.241. The minimum Gasteiger partial charge on any atom is -0.359 e. The minimum atomic E-state index is -0.698. The molecule has 6 nitrogen and oxygen atoms in total. The Balaban J connectivity index is 1.53. The number of nitrogens with one attached hydrogen (secondary N) is 3. The molecule has 0 radical (unpaired) electrons. The quantitative estimate of drug-likeness (QED) is 0.527. The average Bonchev–Trinajstić information content (AvgIpc) is 3.28. The Morgan fingerprint density at radius 1 is 1.15 bits per heavy atom. The van der Waals surface area contributed by atoms with E-state index >= 15 is 0 Å². The molecule has 0 unspecified atom stereocenters. The molecule has 0 saturated heterocycles. The maximum absolute atomic E-state index is 13.6. The van der Waals surface area contributed by atoms with Gasteiger partial charge in [-0.15, -0.1) is 0 Å². The molecule has 0 bridgehead atoms. The Kier molecular flexibility index (Phi) is 3.92. The van der Waals surface area contributed by atoms with Gasteiger partial charge in [-0.1, -0.05) is 6.07 Å². The molecule has 0 aliphatic carbocycles. The Hall–Kier alpha value is -3.55. The van der Waals surface area contributed by atoms with Crippen LogP contribution in [-0.2, 0) is 6.54 Å². The van der Waals surface area contributed by atoms with E-state index in [4.69, 9.17) is 0 Å². The summed E-state index contributed by atoms with van der Waals surface area (Å²) >= 11 is 0. The van der Waals surface area contributed by atoms with Crippen molar-refractivity contribution in [3.63, 3.8) is 0 Å². The highest BCUT2D eigenvalue weighted by atomic mass is 19.1. The number of fused-ring (bicyclic) bond motifs is 1. The first-order valence-electron chi connectivity index (χ1n) is 7.82. The molecule has 8 heteroatoms. The van der Waals surface area contributed by atoms with Gasteiger partial charge in [0.25, 0.3) is 5.91 Å². The van der Waals surface area contributed by atoms with Crippen LogP contribution in [0.3, 0.4) is 0 Å². The largest absolute Gasteiger partial charge is 0.359 e. The van der Waals surface area contributed by atoms with E-state index in [1.807, 2.05) is 6.07 Å². The molecule has 0 aliphatic rings. The molecule has 130 valence electrons. The zero-order valence-corrected chi connectivity index (χ0v) is 13.4. The molecule has 4 aromatic rings. The fourth-order valence-corrected chi connectivity index (χ4v) is 2.70. The van der Waals surface area contributed by atoms with E-state index in [-0.39, 0.29) is 12.1 Å². The van der Waals surface area contributed by atoms with Gasteiger partial charge in [-0.05, 0) is 30.3 Å². The lowest BCUT2D eigenvalue weighted by Crippen LogP contribution is -2.23. The summed E-state index contributed by atoms with van der Waals surface area (Å²) in [7, 11) is 0. The van der Waals surface area contributed by atoms with E-state index in [0.717, 1.165) is 17.5 Å². The van der Waals surface area contributed by atoms with Gasteiger partial charge < -0.3 is 10.3 Å². The number of benzene rings is 1. The Morgan fingerprint density at radius 3 is 2.77 bits per heavy atom. The Bertz CT molecular complexity index is 1080. The third-order valence-corrected chi connectivity index (χ3v) is 4.03. The molecule has 1 amide bonds. The van der Waals surface area contributed by atoms with Crippen LogP contribution in [0.2, 0.25) is 0 Å². The normalized spacial score (nSPS) is 11.0. The lowest BCUT2D eigenvalue weighted by Gasteiger charge is -2.06. The molecule has 3 heterocycles. The van der Waals surface area contributed by atoms with Crippen molar-refractivity contribution in [2.24, 2.45) is 0 Å². The third-order valence-electron chi connectivity index (χ3n) is 4.03. The van der Waals surface area contributed by atoms with E-state index < -0.39 is 17.5 Å². The van der Waals surface area contributed by atoms with E-state index in [9.17, 15) is 13.6 Å². The van der Waals surface area contributed by atoms with Crippen LogP contribution in [0.1, 0.15) is 15.9 Å². The van der Waals surface area contributed by atoms with Crippen LogP contribution in [0.25, 0.3) is 22.4 Å². The van der Waals surface area contributed by atoms with Crippen LogP contribution in [0.5, 0.6) is 0 Å². The summed E-state index contributed by atoms with van der Waals surface area (Å²) < 4.78 is 27.3. The van der Waals surface area contributed by atoms with Crippen LogP contribution < -0.4 is 5.32 Å². The highest BCUT2D eigenvalue weighted by Gasteiger charge is 2.15. The molecule has 3 N–H and O–H groups in total. The van der Waals surface area contributed by atoms with Gasteiger partial charge >= 0.3 is 0 Å². The number of amides is 1. The van der Waals surface area contributed by atoms with Crippen LogP contribution >= 0.6 is 0 Å². The Morgan fingerprint density at radius 2 is 1.96 bits per heavy atom. The maximum atomic E-state index is 13.6. The number of hydrogen-bond acceptors (Lipinski definition) is 3. The molecule has 0 aliphatic heterocycles. The van der Waals surface area contributed by atoms with Crippen molar-refractivity contribution in [2.45, 2.75) is 6.54 Å². The number of carbonyl (C=O) groups is 1. The summed E-state index contributed by atoms with van der Waals surface area (Å²) in [6, 6.07) is 8.86. The topological polar surface area (TPSA) is 86.5 Å². The summed E-state index contributed by atoms with van der Waals surface area (Å²) in [5, 5.41) is 10.3. The van der Waals surface area contributed by atoms with Gasteiger partial charge in [0.15, 0.2) is 5.65 Å². The van der Waals surface area contributed by atoms with Gasteiger partial charge in [0.1, 0.15) is 11.6 Å². The number of nitrogens with zero attached hydrogens (tertiary/aromatic N) is 2. The smallest absolute Gasteiger partial charge is 0.253 e. The fourth-order valence-electron chi connectivity index (χ4n) is 2.70. The summed E-state index contributed by atoms with van der Waals surface area (Å²) in [5.41, 5.74) is 2.08. The zero-order valence-electron chi connectivity index (χ0n) is 13.4. The van der Waals surface area contributed by atoms with Crippen LogP contribution in [0, 0.1) is 11.6 Å². The lowest BCUT2D eigenvalue weighted by molar-refractivity contribution is 0.0950. The highest BCUT2D eigenvalue weighted by Crippen LogP contribution is 2.24. The molecule has 0 atom stereocenters. The number of rotatable bonds is 4. The number of hydrogen-bond donors (Lipinski definition) is 3. The fraction of sp³-hybridized carbons (Fsp3) is 0.0556. The van der Waals surface area contributed by atoms with E-state index in [1.54, 1.807) is 18.3 Å². The Labute approximate surface area is 146 Å². The molecular formula is C18H13F2N5O. The number of H-pyrrole nitrogens is 2. The molecule has 26 heavy (non-hydrogen) atoms. The average molecular weight is 353 g/mol. The van der Waals surface area contributed by atoms with Gasteiger partial charge in [0.2, 0.25) is 0 Å². The van der Waals surface area contributed by atoms with Crippen molar-refractivity contribution >= 4 is 16.9 Å². The van der Waals surface area contributed by atoms with Crippen molar-refractivity contribution < 1.29 is 13.6 Å². The van der Waals surface area contributed by atoms with Crippen molar-refractivity contribution in [1.82, 2.24) is 25.5 Å². The summed E-state index contributed by atoms with van der Waals surface area (Å²) in [6.07, 6.45) is 3.16. The number of carbonyl (C=O) groups excluding carboxylic acids is 1. The van der Waals surface area contributed by atoms with Crippen molar-refractivity contribution in [1.29, 1.82) is 0 Å². The summed E-state index contributed by atoms with van der Waals surface area (Å²) in [4.78, 5) is 19.4. The minimum absolute atomic E-state index is 0.178. The van der Waals surface area contributed by atoms with Crippen LogP contribution in [-0.4, -0.2) is 26.1 Å². The monoisotopic (exact) mass is 353 g/mol. The first-order chi connectivity index (χ1) is 12.6. The third kappa shape index (κ3) is 2.81. The molecule has 0 spiro atoms. The highest BCUT2D eigenvalue weighted by molar-refractivity contribution is 5.97. The van der Waals surface area contributed by atoms with Gasteiger partial charge in [-0.3, -0.25) is 9.89 Å². The van der Waals surface area contributed by atoms with Gasteiger partial charge in [-0.25, -0.2) is 13.8 Å². The maximum Gasteiger partial charge on any atom is 0.253 e. The van der Waals surface area contributed by atoms with Gasteiger partial charge in [0.05, 0.1) is 17.0 Å². The summed E-state index contributed by atoms with van der Waals surface area (Å²) in [5.74, 6) is -1.84. The number of pyridine rings is 1. The predicted octanol–water partition coefficient (Wildman–Crippen LogP) is 3.16. The number of aromatic nitrogens is 4. The number of aromatic amines is 2. The predicted molar refractivity (Wildman–Crippen MR) is 91.2 cm³/mol. The van der Waals surface area contributed by atoms with Gasteiger partial charge in [-0.2, -0.15) is 5.10 Å². The van der Waals surface area contributed by atoms with E-state index in [1.165, 1.54) is 12.3 Å². The second-order valence-corrected chi connectivity index (χ2v) is 5.66. The van der Waals surface area contributed by atoms with Crippen LogP contribution in [0.4, 0.5) is 8.78 Å². The van der Waals surface area contributed by atoms with Gasteiger partial charge in [0, 0.05) is 29.9 Å². The second kappa shape index (κ2) is 6.40. The van der Waals surface area contributed by atoms with Crippen molar-refractivity contribution in [3.05, 3.63) is 71.6 Å². The molecular weight excluding hydrogens is 340 g/mol. The van der Waals surface area contributed by atoms with Crippen molar-refractivity contribution in [2.75, 3.05) is 0 Å².